The van der Waals surface area contributed by atoms with Gasteiger partial charge in [0.2, 0.25) is 0 Å². The second-order valence-electron chi connectivity index (χ2n) is 8.20. The fourth-order valence-corrected chi connectivity index (χ4v) is 4.47. The highest BCUT2D eigenvalue weighted by molar-refractivity contribution is 6.30. The van der Waals surface area contributed by atoms with E-state index in [2.05, 4.69) is 17.0 Å². The highest BCUT2D eigenvalue weighted by Crippen LogP contribution is 2.28. The van der Waals surface area contributed by atoms with Crippen molar-refractivity contribution >= 4 is 34.1 Å². The second kappa shape index (κ2) is 8.64. The summed E-state index contributed by atoms with van der Waals surface area (Å²) < 4.78 is 0. The van der Waals surface area contributed by atoms with Crippen LogP contribution in [0, 0.1) is 6.92 Å². The summed E-state index contributed by atoms with van der Waals surface area (Å²) in [5.74, 6) is 0.0610. The lowest BCUT2D eigenvalue weighted by Gasteiger charge is -2.36. The average molecular weight is 442 g/mol. The number of aryl methyl sites for hydroxylation is 1. The van der Waals surface area contributed by atoms with Gasteiger partial charge in [-0.25, -0.2) is 4.98 Å². The number of aromatic nitrogens is 1. The van der Waals surface area contributed by atoms with Gasteiger partial charge in [-0.1, -0.05) is 59.6 Å². The molecule has 1 aromatic heterocycles. The van der Waals surface area contributed by atoms with Crippen LogP contribution in [0.3, 0.4) is 0 Å². The van der Waals surface area contributed by atoms with E-state index >= 15 is 0 Å². The van der Waals surface area contributed by atoms with Crippen molar-refractivity contribution in [2.75, 3.05) is 31.1 Å². The van der Waals surface area contributed by atoms with Crippen molar-refractivity contribution in [2.45, 2.75) is 6.92 Å². The van der Waals surface area contributed by atoms with Gasteiger partial charge in [-0.3, -0.25) is 4.79 Å². The minimum atomic E-state index is 0.0610. The molecular formula is C27H24ClN3O. The molecule has 4 aromatic rings. The number of pyridine rings is 1. The monoisotopic (exact) mass is 441 g/mol. The van der Waals surface area contributed by atoms with Crippen molar-refractivity contribution < 1.29 is 4.79 Å². The van der Waals surface area contributed by atoms with Gasteiger partial charge in [-0.05, 0) is 43.3 Å². The van der Waals surface area contributed by atoms with Gasteiger partial charge in [0.25, 0.3) is 5.91 Å². The Morgan fingerprint density at radius 1 is 0.875 bits per heavy atom. The van der Waals surface area contributed by atoms with E-state index in [4.69, 9.17) is 16.6 Å². The molecule has 0 radical (unpaired) electrons. The molecule has 1 aliphatic rings. The number of amides is 1. The number of carbonyl (C=O) groups is 1. The van der Waals surface area contributed by atoms with Crippen LogP contribution in [0.15, 0.2) is 78.9 Å². The Morgan fingerprint density at radius 2 is 1.66 bits per heavy atom. The van der Waals surface area contributed by atoms with E-state index in [-0.39, 0.29) is 5.91 Å². The molecule has 3 aromatic carbocycles. The second-order valence-corrected chi connectivity index (χ2v) is 8.64. The number of benzene rings is 3. The predicted molar refractivity (Wildman–Crippen MR) is 131 cm³/mol. The van der Waals surface area contributed by atoms with Gasteiger partial charge >= 0.3 is 0 Å². The zero-order valence-corrected chi connectivity index (χ0v) is 18.7. The molecule has 4 nitrogen and oxygen atoms in total. The van der Waals surface area contributed by atoms with Crippen LogP contribution in [0.5, 0.6) is 0 Å². The van der Waals surface area contributed by atoms with Gasteiger partial charge in [0.15, 0.2) is 0 Å². The molecule has 0 spiro atoms. The molecule has 5 heteroatoms. The number of rotatable bonds is 3. The van der Waals surface area contributed by atoms with E-state index < -0.39 is 0 Å². The van der Waals surface area contributed by atoms with Crippen LogP contribution in [-0.2, 0) is 0 Å². The van der Waals surface area contributed by atoms with Crippen molar-refractivity contribution in [1.82, 2.24) is 9.88 Å². The van der Waals surface area contributed by atoms with Crippen molar-refractivity contribution in [3.63, 3.8) is 0 Å². The summed E-state index contributed by atoms with van der Waals surface area (Å²) in [6, 6.07) is 26.0. The third-order valence-corrected chi connectivity index (χ3v) is 6.24. The molecule has 0 aliphatic carbocycles. The average Bonchev–Trinajstić information content (AvgIpc) is 2.83. The van der Waals surface area contributed by atoms with Gasteiger partial charge in [0.05, 0.1) is 16.8 Å². The van der Waals surface area contributed by atoms with E-state index in [0.717, 1.165) is 51.5 Å². The van der Waals surface area contributed by atoms with Gasteiger partial charge in [-0.15, -0.1) is 0 Å². The van der Waals surface area contributed by atoms with Crippen LogP contribution in [0.2, 0.25) is 5.02 Å². The number of nitrogens with zero attached hydrogens (tertiary/aromatic N) is 3. The summed E-state index contributed by atoms with van der Waals surface area (Å²) in [6.45, 7) is 4.94. The van der Waals surface area contributed by atoms with E-state index in [1.165, 1.54) is 0 Å². The van der Waals surface area contributed by atoms with Gasteiger partial charge < -0.3 is 9.80 Å². The first-order chi connectivity index (χ1) is 15.6. The third kappa shape index (κ3) is 4.06. The lowest BCUT2D eigenvalue weighted by molar-refractivity contribution is 0.0748. The molecule has 0 saturated carbocycles. The summed E-state index contributed by atoms with van der Waals surface area (Å²) in [4.78, 5) is 22.7. The summed E-state index contributed by atoms with van der Waals surface area (Å²) in [6.07, 6.45) is 0. The fraction of sp³-hybridized carbons (Fsp3) is 0.185. The summed E-state index contributed by atoms with van der Waals surface area (Å²) >= 11 is 6.16. The summed E-state index contributed by atoms with van der Waals surface area (Å²) in [5, 5.41) is 1.64. The van der Waals surface area contributed by atoms with Gasteiger partial charge in [0.1, 0.15) is 0 Å². The number of hydrogen-bond donors (Lipinski definition) is 0. The SMILES string of the molecule is Cc1ccc2nc(-c3ccccc3)cc(C(=O)N3CCN(c4cccc(Cl)c4)CC3)c2c1. The lowest BCUT2D eigenvalue weighted by Crippen LogP contribution is -2.48. The van der Waals surface area contributed by atoms with Crippen molar-refractivity contribution in [1.29, 1.82) is 0 Å². The standard InChI is InChI=1S/C27H24ClN3O/c1-19-10-11-25-23(16-19)24(18-26(29-25)20-6-3-2-4-7-20)27(32)31-14-12-30(13-15-31)22-9-5-8-21(28)17-22/h2-11,16-18H,12-15H2,1H3. The number of anilines is 1. The highest BCUT2D eigenvalue weighted by Gasteiger charge is 2.24. The van der Waals surface area contributed by atoms with E-state index in [1.54, 1.807) is 0 Å². The molecule has 0 N–H and O–H groups in total. The molecule has 1 saturated heterocycles. The smallest absolute Gasteiger partial charge is 0.254 e. The minimum Gasteiger partial charge on any atom is -0.368 e. The first-order valence-electron chi connectivity index (χ1n) is 10.8. The Hall–Kier alpha value is -3.37. The topological polar surface area (TPSA) is 36.4 Å². The molecule has 32 heavy (non-hydrogen) atoms. The minimum absolute atomic E-state index is 0.0610. The molecule has 1 amide bonds. The van der Waals surface area contributed by atoms with Crippen LogP contribution in [0.1, 0.15) is 15.9 Å². The van der Waals surface area contributed by atoms with Crippen molar-refractivity contribution in [3.8, 4) is 11.3 Å². The van der Waals surface area contributed by atoms with Crippen LogP contribution >= 0.6 is 11.6 Å². The van der Waals surface area contributed by atoms with Crippen LogP contribution in [0.4, 0.5) is 5.69 Å². The number of halogens is 1. The van der Waals surface area contributed by atoms with Crippen LogP contribution in [0.25, 0.3) is 22.2 Å². The molecule has 0 unspecified atom stereocenters. The Morgan fingerprint density at radius 3 is 2.41 bits per heavy atom. The van der Waals surface area contributed by atoms with E-state index in [0.29, 0.717) is 18.7 Å². The maximum absolute atomic E-state index is 13.7. The van der Waals surface area contributed by atoms with E-state index in [1.807, 2.05) is 78.6 Å². The first-order valence-corrected chi connectivity index (χ1v) is 11.2. The molecule has 5 rings (SSSR count). The molecule has 1 fully saturated rings. The van der Waals surface area contributed by atoms with Gasteiger partial charge in [-0.2, -0.15) is 0 Å². The Kier molecular flexibility index (Phi) is 5.54. The quantitative estimate of drug-likeness (QED) is 0.401. The number of piperazine rings is 1. The maximum atomic E-state index is 13.7. The highest BCUT2D eigenvalue weighted by atomic mass is 35.5. The Bertz CT molecular complexity index is 1280. The zero-order chi connectivity index (χ0) is 22.1. The molecule has 1 aliphatic heterocycles. The summed E-state index contributed by atoms with van der Waals surface area (Å²) in [7, 11) is 0. The zero-order valence-electron chi connectivity index (χ0n) is 18.0. The molecule has 160 valence electrons. The molecular weight excluding hydrogens is 418 g/mol. The van der Waals surface area contributed by atoms with Crippen molar-refractivity contribution in [2.24, 2.45) is 0 Å². The summed E-state index contributed by atoms with van der Waals surface area (Å²) in [5.41, 5.74) is 5.61. The normalized spacial score (nSPS) is 14.1. The Labute approximate surface area is 193 Å². The largest absolute Gasteiger partial charge is 0.368 e. The Balaban J connectivity index is 1.46. The van der Waals surface area contributed by atoms with Crippen LogP contribution < -0.4 is 4.90 Å². The lowest BCUT2D eigenvalue weighted by atomic mass is 10.0. The number of carbonyl (C=O) groups excluding carboxylic acids is 1. The number of fused-ring (bicyclic) bond motifs is 1. The fourth-order valence-electron chi connectivity index (χ4n) is 4.28. The van der Waals surface area contributed by atoms with E-state index in [9.17, 15) is 4.79 Å². The molecule has 2 heterocycles. The van der Waals surface area contributed by atoms with Gasteiger partial charge in [0, 0.05) is 47.8 Å². The third-order valence-electron chi connectivity index (χ3n) is 6.00. The van der Waals surface area contributed by atoms with Crippen molar-refractivity contribution in [3.05, 3.63) is 95.0 Å². The first kappa shape index (κ1) is 20.5. The molecule has 0 atom stereocenters. The molecule has 0 bridgehead atoms. The number of hydrogen-bond acceptors (Lipinski definition) is 3. The predicted octanol–water partition coefficient (Wildman–Crippen LogP) is 5.83. The van der Waals surface area contributed by atoms with Crippen LogP contribution in [-0.4, -0.2) is 42.0 Å². The maximum Gasteiger partial charge on any atom is 0.254 e.